The molecule has 0 unspecified atom stereocenters. The fourth-order valence-corrected chi connectivity index (χ4v) is 2.55. The van der Waals surface area contributed by atoms with E-state index in [0.29, 0.717) is 22.0 Å². The third-order valence-electron chi connectivity index (χ3n) is 3.75. The van der Waals surface area contributed by atoms with Crippen molar-refractivity contribution in [2.75, 3.05) is 5.32 Å². The van der Waals surface area contributed by atoms with Crippen LogP contribution in [0.4, 0.5) is 5.69 Å². The molecule has 126 valence electrons. The van der Waals surface area contributed by atoms with Crippen LogP contribution in [0.3, 0.4) is 0 Å². The zero-order chi connectivity index (χ0) is 18.0. The van der Waals surface area contributed by atoms with Gasteiger partial charge in [-0.2, -0.15) is 0 Å². The maximum absolute atomic E-state index is 12.6. The summed E-state index contributed by atoms with van der Waals surface area (Å²) in [5, 5.41) is 3.15. The van der Waals surface area contributed by atoms with Gasteiger partial charge in [0.25, 0.3) is 11.5 Å². The highest BCUT2D eigenvalue weighted by molar-refractivity contribution is 6.31. The SMILES string of the molecule is Cc1c(Cl)cccc1NC(=O)c1c[nH]c(=O)n(-c2ccccc2)c1=O. The average Bonchev–Trinajstić information content (AvgIpc) is 2.60. The van der Waals surface area contributed by atoms with E-state index in [9.17, 15) is 14.4 Å². The van der Waals surface area contributed by atoms with Crippen molar-refractivity contribution < 1.29 is 4.79 Å². The Morgan fingerprint density at radius 3 is 2.52 bits per heavy atom. The lowest BCUT2D eigenvalue weighted by Crippen LogP contribution is -2.38. The van der Waals surface area contributed by atoms with Gasteiger partial charge in [0.1, 0.15) is 5.56 Å². The molecule has 7 heteroatoms. The number of carbonyl (C=O) groups is 1. The van der Waals surface area contributed by atoms with Gasteiger partial charge in [0.2, 0.25) is 0 Å². The Hall–Kier alpha value is -3.12. The molecule has 25 heavy (non-hydrogen) atoms. The van der Waals surface area contributed by atoms with Gasteiger partial charge in [0.05, 0.1) is 5.69 Å². The van der Waals surface area contributed by atoms with E-state index in [2.05, 4.69) is 10.3 Å². The Balaban J connectivity index is 2.04. The Kier molecular flexibility index (Phi) is 4.54. The number of hydrogen-bond donors (Lipinski definition) is 2. The number of aromatic nitrogens is 2. The van der Waals surface area contributed by atoms with Crippen molar-refractivity contribution >= 4 is 23.2 Å². The molecule has 0 fully saturated rings. The number of nitrogens with zero attached hydrogens (tertiary/aromatic N) is 1. The Morgan fingerprint density at radius 1 is 1.08 bits per heavy atom. The monoisotopic (exact) mass is 355 g/mol. The first-order valence-electron chi connectivity index (χ1n) is 7.45. The minimum absolute atomic E-state index is 0.178. The predicted octanol–water partition coefficient (Wildman–Crippen LogP) is 2.74. The fraction of sp³-hybridized carbons (Fsp3) is 0.0556. The lowest BCUT2D eigenvalue weighted by atomic mass is 10.2. The molecule has 1 aromatic heterocycles. The lowest BCUT2D eigenvalue weighted by Gasteiger charge is -2.10. The quantitative estimate of drug-likeness (QED) is 0.757. The molecule has 0 bridgehead atoms. The first-order valence-corrected chi connectivity index (χ1v) is 7.83. The van der Waals surface area contributed by atoms with Crippen LogP contribution in [-0.2, 0) is 0 Å². The van der Waals surface area contributed by atoms with Crippen molar-refractivity contribution in [1.82, 2.24) is 9.55 Å². The number of halogens is 1. The summed E-state index contributed by atoms with van der Waals surface area (Å²) in [7, 11) is 0. The minimum atomic E-state index is -0.702. The maximum Gasteiger partial charge on any atom is 0.333 e. The van der Waals surface area contributed by atoms with Crippen molar-refractivity contribution in [2.45, 2.75) is 6.92 Å². The molecular weight excluding hydrogens is 342 g/mol. The third-order valence-corrected chi connectivity index (χ3v) is 4.16. The highest BCUT2D eigenvalue weighted by atomic mass is 35.5. The van der Waals surface area contributed by atoms with Crippen LogP contribution in [0.25, 0.3) is 5.69 Å². The van der Waals surface area contributed by atoms with Crippen molar-refractivity contribution in [2.24, 2.45) is 0 Å². The van der Waals surface area contributed by atoms with E-state index in [-0.39, 0.29) is 5.56 Å². The van der Waals surface area contributed by atoms with Crippen molar-refractivity contribution in [3.8, 4) is 5.69 Å². The highest BCUT2D eigenvalue weighted by Gasteiger charge is 2.16. The molecule has 3 rings (SSSR count). The van der Waals surface area contributed by atoms with Gasteiger partial charge in [-0.1, -0.05) is 35.9 Å². The van der Waals surface area contributed by atoms with E-state index in [1.165, 1.54) is 0 Å². The standard InChI is InChI=1S/C18H14ClN3O3/c1-11-14(19)8-5-9-15(11)21-16(23)13-10-20-18(25)22(17(13)24)12-6-3-2-4-7-12/h2-10H,1H3,(H,20,25)(H,21,23). The Labute approximate surface area is 147 Å². The van der Waals surface area contributed by atoms with Crippen molar-refractivity contribution in [3.63, 3.8) is 0 Å². The molecule has 0 aliphatic carbocycles. The van der Waals surface area contributed by atoms with Crippen LogP contribution < -0.4 is 16.6 Å². The maximum atomic E-state index is 12.6. The van der Waals surface area contributed by atoms with Gasteiger partial charge in [0.15, 0.2) is 0 Å². The summed E-state index contributed by atoms with van der Waals surface area (Å²) in [6, 6.07) is 13.5. The molecule has 2 N–H and O–H groups in total. The number of hydrogen-bond acceptors (Lipinski definition) is 3. The summed E-state index contributed by atoms with van der Waals surface area (Å²) in [5.41, 5.74) is 0.0590. The van der Waals surface area contributed by atoms with Crippen LogP contribution in [-0.4, -0.2) is 15.5 Å². The predicted molar refractivity (Wildman–Crippen MR) is 96.8 cm³/mol. The number of anilines is 1. The first kappa shape index (κ1) is 16.7. The summed E-state index contributed by atoms with van der Waals surface area (Å²) < 4.78 is 0.916. The largest absolute Gasteiger partial charge is 0.333 e. The molecule has 0 saturated carbocycles. The van der Waals surface area contributed by atoms with E-state index < -0.39 is 17.2 Å². The molecule has 3 aromatic rings. The molecular formula is C18H14ClN3O3. The second-order valence-electron chi connectivity index (χ2n) is 5.35. The fourth-order valence-electron chi connectivity index (χ4n) is 2.38. The Bertz CT molecular complexity index is 1060. The van der Waals surface area contributed by atoms with Gasteiger partial charge >= 0.3 is 5.69 Å². The number of amides is 1. The molecule has 0 saturated heterocycles. The zero-order valence-electron chi connectivity index (χ0n) is 13.2. The van der Waals surface area contributed by atoms with Crippen molar-refractivity contribution in [1.29, 1.82) is 0 Å². The van der Waals surface area contributed by atoms with Crippen LogP contribution in [0.15, 0.2) is 64.3 Å². The second-order valence-corrected chi connectivity index (χ2v) is 5.76. The normalized spacial score (nSPS) is 10.5. The molecule has 0 radical (unpaired) electrons. The van der Waals surface area contributed by atoms with Crippen LogP contribution in [0.5, 0.6) is 0 Å². The van der Waals surface area contributed by atoms with Gasteiger partial charge in [-0.3, -0.25) is 9.59 Å². The smallest absolute Gasteiger partial charge is 0.321 e. The summed E-state index contributed by atoms with van der Waals surface area (Å²) >= 11 is 6.04. The number of benzene rings is 2. The van der Waals surface area contributed by atoms with Crippen LogP contribution in [0.1, 0.15) is 15.9 Å². The number of carbonyl (C=O) groups excluding carboxylic acids is 1. The molecule has 0 aliphatic heterocycles. The summed E-state index contributed by atoms with van der Waals surface area (Å²) in [4.78, 5) is 39.6. The van der Waals surface area contributed by atoms with E-state index in [1.54, 1.807) is 55.5 Å². The molecule has 0 spiro atoms. The molecule has 1 heterocycles. The first-order chi connectivity index (χ1) is 12.0. The Morgan fingerprint density at radius 2 is 1.80 bits per heavy atom. The molecule has 0 atom stereocenters. The summed E-state index contributed by atoms with van der Waals surface area (Å²) in [6.07, 6.45) is 1.11. The van der Waals surface area contributed by atoms with Crippen LogP contribution >= 0.6 is 11.6 Å². The number of H-pyrrole nitrogens is 1. The zero-order valence-corrected chi connectivity index (χ0v) is 14.0. The molecule has 2 aromatic carbocycles. The molecule has 0 aliphatic rings. The number of aromatic amines is 1. The summed E-state index contributed by atoms with van der Waals surface area (Å²) in [6.45, 7) is 1.76. The van der Waals surface area contributed by atoms with E-state index >= 15 is 0 Å². The van der Waals surface area contributed by atoms with E-state index in [1.807, 2.05) is 0 Å². The van der Waals surface area contributed by atoms with Crippen molar-refractivity contribution in [3.05, 3.63) is 91.7 Å². The number of rotatable bonds is 3. The number of para-hydroxylation sites is 1. The second kappa shape index (κ2) is 6.78. The molecule has 1 amide bonds. The van der Waals surface area contributed by atoms with Crippen LogP contribution in [0.2, 0.25) is 5.02 Å². The number of nitrogens with one attached hydrogen (secondary N) is 2. The van der Waals surface area contributed by atoms with Gasteiger partial charge < -0.3 is 10.3 Å². The topological polar surface area (TPSA) is 84.0 Å². The van der Waals surface area contributed by atoms with Crippen LogP contribution in [0, 0.1) is 6.92 Å². The van der Waals surface area contributed by atoms with Gasteiger partial charge in [-0.15, -0.1) is 0 Å². The molecule has 6 nitrogen and oxygen atoms in total. The van der Waals surface area contributed by atoms with Gasteiger partial charge in [-0.25, -0.2) is 9.36 Å². The lowest BCUT2D eigenvalue weighted by molar-refractivity contribution is 0.102. The third kappa shape index (κ3) is 3.25. The highest BCUT2D eigenvalue weighted by Crippen LogP contribution is 2.23. The van der Waals surface area contributed by atoms with E-state index in [0.717, 1.165) is 10.8 Å². The minimum Gasteiger partial charge on any atom is -0.321 e. The van der Waals surface area contributed by atoms with E-state index in [4.69, 9.17) is 11.6 Å². The summed E-state index contributed by atoms with van der Waals surface area (Å²) in [5.74, 6) is -0.628. The average molecular weight is 356 g/mol. The van der Waals surface area contributed by atoms with Gasteiger partial charge in [0, 0.05) is 16.9 Å². The van der Waals surface area contributed by atoms with Gasteiger partial charge in [-0.05, 0) is 36.8 Å².